The molecule has 1 aliphatic rings. The van der Waals surface area contributed by atoms with Crippen LogP contribution in [0.1, 0.15) is 29.3 Å². The summed E-state index contributed by atoms with van der Waals surface area (Å²) in [5.41, 5.74) is 4.66. The van der Waals surface area contributed by atoms with E-state index in [4.69, 9.17) is 9.97 Å². The van der Waals surface area contributed by atoms with E-state index in [2.05, 4.69) is 21.0 Å². The van der Waals surface area contributed by atoms with Crippen LogP contribution in [0.4, 0.5) is 10.2 Å². The number of carbonyl (C=O) groups is 1. The fourth-order valence-corrected chi connectivity index (χ4v) is 4.06. The molecule has 2 aromatic carbocycles. The number of benzene rings is 2. The molecular formula is C24H24FN7O. The van der Waals surface area contributed by atoms with Crippen molar-refractivity contribution in [1.82, 2.24) is 30.4 Å². The van der Waals surface area contributed by atoms with E-state index in [1.807, 2.05) is 24.3 Å². The van der Waals surface area contributed by atoms with Gasteiger partial charge < -0.3 is 16.0 Å². The Kier molecular flexibility index (Phi) is 5.70. The summed E-state index contributed by atoms with van der Waals surface area (Å²) in [6.45, 7) is 3.87. The third kappa shape index (κ3) is 4.40. The predicted octanol–water partition coefficient (Wildman–Crippen LogP) is 2.85. The average molecular weight is 446 g/mol. The minimum Gasteiger partial charge on any atom is -0.366 e. The molecule has 3 heterocycles. The van der Waals surface area contributed by atoms with Gasteiger partial charge in [-0.2, -0.15) is 14.8 Å². The number of hydrogen-bond acceptors (Lipinski definition) is 6. The van der Waals surface area contributed by atoms with E-state index in [1.54, 1.807) is 16.9 Å². The van der Waals surface area contributed by atoms with Crippen molar-refractivity contribution in [2.24, 2.45) is 0 Å². The van der Waals surface area contributed by atoms with Crippen molar-refractivity contribution in [2.45, 2.75) is 33.0 Å². The van der Waals surface area contributed by atoms with Crippen molar-refractivity contribution in [3.05, 3.63) is 76.9 Å². The smallest absolute Gasteiger partial charge is 0.253 e. The van der Waals surface area contributed by atoms with Crippen molar-refractivity contribution in [2.75, 3.05) is 11.9 Å². The highest BCUT2D eigenvalue weighted by Crippen LogP contribution is 2.25. The van der Waals surface area contributed by atoms with E-state index < -0.39 is 0 Å². The zero-order valence-corrected chi connectivity index (χ0v) is 18.2. The Labute approximate surface area is 190 Å². The number of hydrogen-bond donors (Lipinski definition) is 3. The summed E-state index contributed by atoms with van der Waals surface area (Å²) in [6.07, 6.45) is 2.58. The van der Waals surface area contributed by atoms with E-state index in [1.165, 1.54) is 19.1 Å². The van der Waals surface area contributed by atoms with Crippen LogP contribution < -0.4 is 16.0 Å². The first-order valence-electron chi connectivity index (χ1n) is 10.9. The highest BCUT2D eigenvalue weighted by Gasteiger charge is 2.20. The van der Waals surface area contributed by atoms with Gasteiger partial charge in [0, 0.05) is 37.5 Å². The molecule has 0 spiro atoms. The molecule has 0 bridgehead atoms. The van der Waals surface area contributed by atoms with Crippen LogP contribution in [0.25, 0.3) is 16.9 Å². The van der Waals surface area contributed by atoms with E-state index in [-0.39, 0.29) is 11.7 Å². The average Bonchev–Trinajstić information content (AvgIpc) is 3.26. The number of carbonyl (C=O) groups excluding carboxylic acids is 1. The van der Waals surface area contributed by atoms with Gasteiger partial charge >= 0.3 is 0 Å². The van der Waals surface area contributed by atoms with Crippen LogP contribution in [0.3, 0.4) is 0 Å². The largest absolute Gasteiger partial charge is 0.366 e. The Hall–Kier alpha value is -3.85. The van der Waals surface area contributed by atoms with E-state index >= 15 is 0 Å². The molecule has 168 valence electrons. The first-order chi connectivity index (χ1) is 16.1. The van der Waals surface area contributed by atoms with Gasteiger partial charge in [-0.25, -0.2) is 9.37 Å². The molecule has 1 aliphatic heterocycles. The Morgan fingerprint density at radius 2 is 2.06 bits per heavy atom. The van der Waals surface area contributed by atoms with E-state index in [9.17, 15) is 9.18 Å². The van der Waals surface area contributed by atoms with Gasteiger partial charge in [0.2, 0.25) is 5.91 Å². The summed E-state index contributed by atoms with van der Waals surface area (Å²) in [4.78, 5) is 21.0. The van der Waals surface area contributed by atoms with Gasteiger partial charge in [0.1, 0.15) is 11.6 Å². The second-order valence-electron chi connectivity index (χ2n) is 8.02. The maximum atomic E-state index is 13.6. The fourth-order valence-electron chi connectivity index (χ4n) is 4.06. The molecule has 0 unspecified atom stereocenters. The Morgan fingerprint density at radius 1 is 1.18 bits per heavy atom. The fraction of sp³-hybridized carbons (Fsp3) is 0.250. The van der Waals surface area contributed by atoms with Crippen LogP contribution in [0.15, 0.2) is 48.7 Å². The monoisotopic (exact) mass is 445 g/mol. The van der Waals surface area contributed by atoms with E-state index in [0.29, 0.717) is 25.6 Å². The Morgan fingerprint density at radius 3 is 2.91 bits per heavy atom. The molecule has 0 fully saturated rings. The zero-order valence-electron chi connectivity index (χ0n) is 18.2. The summed E-state index contributed by atoms with van der Waals surface area (Å²) in [6, 6.07) is 12.4. The molecule has 0 radical (unpaired) electrons. The Balaban J connectivity index is 1.52. The summed E-state index contributed by atoms with van der Waals surface area (Å²) in [5.74, 6) is 0.852. The number of fused-ring (bicyclic) bond motifs is 2. The summed E-state index contributed by atoms with van der Waals surface area (Å²) < 4.78 is 15.3. The molecule has 5 rings (SSSR count). The van der Waals surface area contributed by atoms with Gasteiger partial charge in [0.05, 0.1) is 17.4 Å². The molecule has 8 nitrogen and oxygen atoms in total. The molecule has 0 aliphatic carbocycles. The lowest BCUT2D eigenvalue weighted by molar-refractivity contribution is -0.119. The first kappa shape index (κ1) is 21.0. The van der Waals surface area contributed by atoms with Crippen molar-refractivity contribution >= 4 is 22.6 Å². The third-order valence-electron chi connectivity index (χ3n) is 5.70. The standard InChI is InChI=1S/C24H24FN7O/c1-15(33)27-12-17-5-3-7-22-20(17)13-29-32(22)24-30-21-14-26-9-8-19(21)23(31-24)28-11-16-4-2-6-18(25)10-16/h2-7,10,13,26H,8-9,11-12,14H2,1H3,(H,27,33)(H,28,30,31). The quantitative estimate of drug-likeness (QED) is 0.422. The summed E-state index contributed by atoms with van der Waals surface area (Å²) in [5, 5.41) is 15.1. The number of halogens is 1. The molecule has 33 heavy (non-hydrogen) atoms. The second kappa shape index (κ2) is 8.95. The van der Waals surface area contributed by atoms with Gasteiger partial charge in [0.15, 0.2) is 0 Å². The number of anilines is 1. The minimum atomic E-state index is -0.262. The normalized spacial score (nSPS) is 13.0. The number of nitrogens with one attached hydrogen (secondary N) is 3. The molecule has 1 amide bonds. The van der Waals surface area contributed by atoms with Crippen LogP contribution in [0.5, 0.6) is 0 Å². The first-order valence-corrected chi connectivity index (χ1v) is 10.9. The maximum absolute atomic E-state index is 13.6. The zero-order chi connectivity index (χ0) is 22.8. The van der Waals surface area contributed by atoms with Crippen molar-refractivity contribution in [3.8, 4) is 5.95 Å². The lowest BCUT2D eigenvalue weighted by Crippen LogP contribution is -2.27. The lowest BCUT2D eigenvalue weighted by atomic mass is 10.1. The molecule has 0 atom stereocenters. The minimum absolute atomic E-state index is 0.0843. The highest BCUT2D eigenvalue weighted by molar-refractivity contribution is 5.84. The number of aromatic nitrogens is 4. The topological polar surface area (TPSA) is 96.8 Å². The van der Waals surface area contributed by atoms with Gasteiger partial charge in [-0.3, -0.25) is 4.79 Å². The van der Waals surface area contributed by atoms with Gasteiger partial charge in [0.25, 0.3) is 5.95 Å². The third-order valence-corrected chi connectivity index (χ3v) is 5.70. The number of rotatable bonds is 6. The highest BCUT2D eigenvalue weighted by atomic mass is 19.1. The second-order valence-corrected chi connectivity index (χ2v) is 8.02. The van der Waals surface area contributed by atoms with Crippen LogP contribution in [0, 0.1) is 5.82 Å². The van der Waals surface area contributed by atoms with Crippen molar-refractivity contribution < 1.29 is 9.18 Å². The summed E-state index contributed by atoms with van der Waals surface area (Å²) >= 11 is 0. The SMILES string of the molecule is CC(=O)NCc1cccc2c1cnn2-c1nc2c(c(NCc3cccc(F)c3)n1)CCNC2. The summed E-state index contributed by atoms with van der Waals surface area (Å²) in [7, 11) is 0. The van der Waals surface area contributed by atoms with Crippen LogP contribution in [0.2, 0.25) is 0 Å². The van der Waals surface area contributed by atoms with Crippen LogP contribution >= 0.6 is 0 Å². The molecule has 0 saturated heterocycles. The van der Waals surface area contributed by atoms with Crippen molar-refractivity contribution in [1.29, 1.82) is 0 Å². The molecule has 4 aromatic rings. The maximum Gasteiger partial charge on any atom is 0.253 e. The number of nitrogens with zero attached hydrogens (tertiary/aromatic N) is 4. The van der Waals surface area contributed by atoms with Gasteiger partial charge in [-0.05, 0) is 42.3 Å². The van der Waals surface area contributed by atoms with Gasteiger partial charge in [-0.15, -0.1) is 0 Å². The predicted molar refractivity (Wildman–Crippen MR) is 123 cm³/mol. The van der Waals surface area contributed by atoms with E-state index in [0.717, 1.165) is 52.1 Å². The van der Waals surface area contributed by atoms with Crippen LogP contribution in [-0.2, 0) is 30.8 Å². The van der Waals surface area contributed by atoms with Gasteiger partial charge in [-0.1, -0.05) is 24.3 Å². The molecular weight excluding hydrogens is 421 g/mol. The Bertz CT molecular complexity index is 1330. The van der Waals surface area contributed by atoms with Crippen molar-refractivity contribution in [3.63, 3.8) is 0 Å². The lowest BCUT2D eigenvalue weighted by Gasteiger charge is -2.21. The molecule has 2 aromatic heterocycles. The molecule has 3 N–H and O–H groups in total. The molecule has 9 heteroatoms. The molecule has 0 saturated carbocycles. The number of amides is 1. The van der Waals surface area contributed by atoms with Crippen LogP contribution in [-0.4, -0.2) is 32.2 Å².